The van der Waals surface area contributed by atoms with Gasteiger partial charge in [0.05, 0.1) is 7.11 Å². The molecule has 0 bridgehead atoms. The standard InChI is InChI=1S/C13H16O4/c1-10(14)17-12(8-9-13(15)16-2)11-6-4-3-5-7-11/h3-7,12H,8-9H2,1-2H3. The van der Waals surface area contributed by atoms with Gasteiger partial charge in [-0.3, -0.25) is 9.59 Å². The largest absolute Gasteiger partial charge is 0.469 e. The van der Waals surface area contributed by atoms with Gasteiger partial charge in [-0.1, -0.05) is 30.3 Å². The molecule has 0 fully saturated rings. The summed E-state index contributed by atoms with van der Waals surface area (Å²) in [7, 11) is 1.34. The van der Waals surface area contributed by atoms with Gasteiger partial charge in [-0.05, 0) is 12.0 Å². The third-order valence-corrected chi connectivity index (χ3v) is 2.32. The maximum atomic E-state index is 11.1. The molecule has 0 aliphatic heterocycles. The van der Waals surface area contributed by atoms with E-state index in [0.717, 1.165) is 5.56 Å². The van der Waals surface area contributed by atoms with Crippen LogP contribution in [0.2, 0.25) is 0 Å². The van der Waals surface area contributed by atoms with Gasteiger partial charge in [-0.2, -0.15) is 0 Å². The Hall–Kier alpha value is -1.84. The van der Waals surface area contributed by atoms with Crippen LogP contribution in [0.1, 0.15) is 31.4 Å². The summed E-state index contributed by atoms with van der Waals surface area (Å²) in [6, 6.07) is 9.35. The van der Waals surface area contributed by atoms with E-state index in [1.165, 1.54) is 14.0 Å². The maximum Gasteiger partial charge on any atom is 0.305 e. The number of ether oxygens (including phenoxy) is 2. The van der Waals surface area contributed by atoms with E-state index in [0.29, 0.717) is 6.42 Å². The van der Waals surface area contributed by atoms with Gasteiger partial charge in [0.1, 0.15) is 6.10 Å². The molecule has 0 radical (unpaired) electrons. The van der Waals surface area contributed by atoms with Gasteiger partial charge in [-0.25, -0.2) is 0 Å². The van der Waals surface area contributed by atoms with Crippen LogP contribution in [-0.4, -0.2) is 19.0 Å². The van der Waals surface area contributed by atoms with Gasteiger partial charge in [0.15, 0.2) is 0 Å². The van der Waals surface area contributed by atoms with Gasteiger partial charge in [0.2, 0.25) is 0 Å². The summed E-state index contributed by atoms with van der Waals surface area (Å²) in [6.07, 6.45) is 0.257. The van der Waals surface area contributed by atoms with Crippen LogP contribution >= 0.6 is 0 Å². The van der Waals surface area contributed by atoms with Crippen LogP contribution < -0.4 is 0 Å². The van der Waals surface area contributed by atoms with E-state index in [1.54, 1.807) is 0 Å². The average molecular weight is 236 g/mol. The number of hydrogen-bond acceptors (Lipinski definition) is 4. The molecule has 0 saturated heterocycles. The Morgan fingerprint density at radius 2 is 1.88 bits per heavy atom. The molecule has 17 heavy (non-hydrogen) atoms. The van der Waals surface area contributed by atoms with Crippen molar-refractivity contribution < 1.29 is 19.1 Å². The molecule has 0 aliphatic carbocycles. The molecule has 0 heterocycles. The predicted molar refractivity (Wildman–Crippen MR) is 62.2 cm³/mol. The number of esters is 2. The summed E-state index contributed by atoms with van der Waals surface area (Å²) in [5, 5.41) is 0. The average Bonchev–Trinajstić information content (AvgIpc) is 2.34. The van der Waals surface area contributed by atoms with E-state index in [9.17, 15) is 9.59 Å². The first-order chi connectivity index (χ1) is 8.13. The maximum absolute atomic E-state index is 11.1. The lowest BCUT2D eigenvalue weighted by Crippen LogP contribution is -2.11. The molecular weight excluding hydrogens is 220 g/mol. The Morgan fingerprint density at radius 1 is 1.24 bits per heavy atom. The summed E-state index contributed by atoms with van der Waals surface area (Å²) in [6.45, 7) is 1.36. The van der Waals surface area contributed by atoms with Crippen molar-refractivity contribution in [2.45, 2.75) is 25.9 Å². The minimum Gasteiger partial charge on any atom is -0.469 e. The first kappa shape index (κ1) is 13.2. The summed E-state index contributed by atoms with van der Waals surface area (Å²) in [4.78, 5) is 22.1. The topological polar surface area (TPSA) is 52.6 Å². The molecule has 1 unspecified atom stereocenters. The molecule has 4 nitrogen and oxygen atoms in total. The Balaban J connectivity index is 2.67. The fraction of sp³-hybridized carbons (Fsp3) is 0.385. The highest BCUT2D eigenvalue weighted by atomic mass is 16.5. The molecule has 0 aliphatic rings. The quantitative estimate of drug-likeness (QED) is 0.736. The first-order valence-corrected chi connectivity index (χ1v) is 5.42. The zero-order chi connectivity index (χ0) is 12.7. The van der Waals surface area contributed by atoms with Gasteiger partial charge in [0, 0.05) is 13.3 Å². The minimum absolute atomic E-state index is 0.226. The van der Waals surface area contributed by atoms with Crippen molar-refractivity contribution in [3.05, 3.63) is 35.9 Å². The van der Waals surface area contributed by atoms with Crippen molar-refractivity contribution in [2.24, 2.45) is 0 Å². The highest BCUT2D eigenvalue weighted by Gasteiger charge is 2.16. The van der Waals surface area contributed by atoms with Crippen LogP contribution in [0.5, 0.6) is 0 Å². The van der Waals surface area contributed by atoms with Gasteiger partial charge in [-0.15, -0.1) is 0 Å². The molecule has 0 aromatic heterocycles. The van der Waals surface area contributed by atoms with Crippen LogP contribution in [0.15, 0.2) is 30.3 Å². The van der Waals surface area contributed by atoms with Crippen LogP contribution in [0.3, 0.4) is 0 Å². The summed E-state index contributed by atoms with van der Waals surface area (Å²) in [5.41, 5.74) is 0.881. The third-order valence-electron chi connectivity index (χ3n) is 2.32. The fourth-order valence-corrected chi connectivity index (χ4v) is 1.51. The van der Waals surface area contributed by atoms with Gasteiger partial charge >= 0.3 is 11.9 Å². The highest BCUT2D eigenvalue weighted by molar-refractivity contribution is 5.69. The van der Waals surface area contributed by atoms with Crippen molar-refractivity contribution in [1.29, 1.82) is 0 Å². The molecule has 0 spiro atoms. The van der Waals surface area contributed by atoms with E-state index >= 15 is 0 Å². The zero-order valence-electron chi connectivity index (χ0n) is 10.0. The molecule has 92 valence electrons. The smallest absolute Gasteiger partial charge is 0.305 e. The molecule has 1 atom stereocenters. The van der Waals surface area contributed by atoms with Crippen LogP contribution in [-0.2, 0) is 19.1 Å². The normalized spacial score (nSPS) is 11.6. The second-order valence-corrected chi connectivity index (χ2v) is 3.62. The zero-order valence-corrected chi connectivity index (χ0v) is 10.0. The molecular formula is C13H16O4. The number of carbonyl (C=O) groups is 2. The van der Waals surface area contributed by atoms with Crippen LogP contribution in [0.4, 0.5) is 0 Å². The molecule has 0 N–H and O–H groups in total. The third kappa shape index (κ3) is 4.68. The molecule has 0 amide bonds. The predicted octanol–water partition coefficient (Wildman–Crippen LogP) is 2.24. The number of benzene rings is 1. The second kappa shape index (κ2) is 6.68. The van der Waals surface area contributed by atoms with E-state index < -0.39 is 6.10 Å². The number of rotatable bonds is 5. The van der Waals surface area contributed by atoms with Crippen LogP contribution in [0.25, 0.3) is 0 Å². The van der Waals surface area contributed by atoms with E-state index in [1.807, 2.05) is 30.3 Å². The number of carbonyl (C=O) groups excluding carboxylic acids is 2. The Bertz CT molecular complexity index is 372. The molecule has 1 rings (SSSR count). The second-order valence-electron chi connectivity index (χ2n) is 3.62. The lowest BCUT2D eigenvalue weighted by Gasteiger charge is -2.16. The van der Waals surface area contributed by atoms with E-state index in [4.69, 9.17) is 4.74 Å². The lowest BCUT2D eigenvalue weighted by atomic mass is 10.0. The molecule has 4 heteroatoms. The lowest BCUT2D eigenvalue weighted by molar-refractivity contribution is -0.149. The van der Waals surface area contributed by atoms with Gasteiger partial charge < -0.3 is 9.47 Å². The number of hydrogen-bond donors (Lipinski definition) is 0. The Kier molecular flexibility index (Phi) is 5.20. The monoisotopic (exact) mass is 236 g/mol. The fourth-order valence-electron chi connectivity index (χ4n) is 1.51. The summed E-state index contributed by atoms with van der Waals surface area (Å²) in [5.74, 6) is -0.665. The molecule has 0 saturated carbocycles. The Labute approximate surface area is 101 Å². The Morgan fingerprint density at radius 3 is 2.41 bits per heavy atom. The van der Waals surface area contributed by atoms with Gasteiger partial charge in [0.25, 0.3) is 0 Å². The van der Waals surface area contributed by atoms with E-state index in [2.05, 4.69) is 4.74 Å². The van der Waals surface area contributed by atoms with E-state index in [-0.39, 0.29) is 18.4 Å². The summed E-state index contributed by atoms with van der Waals surface area (Å²) >= 11 is 0. The highest BCUT2D eigenvalue weighted by Crippen LogP contribution is 2.22. The SMILES string of the molecule is COC(=O)CCC(OC(C)=O)c1ccccc1. The molecule has 1 aromatic carbocycles. The van der Waals surface area contributed by atoms with Crippen molar-refractivity contribution in [2.75, 3.05) is 7.11 Å². The minimum atomic E-state index is -0.396. The first-order valence-electron chi connectivity index (χ1n) is 5.42. The van der Waals surface area contributed by atoms with Crippen molar-refractivity contribution in [1.82, 2.24) is 0 Å². The summed E-state index contributed by atoms with van der Waals surface area (Å²) < 4.78 is 9.75. The van der Waals surface area contributed by atoms with Crippen molar-refractivity contribution in [3.8, 4) is 0 Å². The number of methoxy groups -OCH3 is 1. The van der Waals surface area contributed by atoms with Crippen molar-refractivity contribution >= 4 is 11.9 Å². The molecule has 1 aromatic rings. The van der Waals surface area contributed by atoms with Crippen molar-refractivity contribution in [3.63, 3.8) is 0 Å². The van der Waals surface area contributed by atoms with Crippen LogP contribution in [0, 0.1) is 0 Å².